The highest BCUT2D eigenvalue weighted by molar-refractivity contribution is 6.97. The molecular formula is C60H43BN4. The Hall–Kier alpha value is -8.54. The fraction of sp³-hybridized carbons (Fsp3) is 0. The van der Waals surface area contributed by atoms with Crippen molar-refractivity contribution in [1.29, 1.82) is 0 Å². The van der Waals surface area contributed by atoms with E-state index in [1.165, 1.54) is 38.1 Å². The number of benzene rings is 8. The number of para-hydroxylation sites is 5. The summed E-state index contributed by atoms with van der Waals surface area (Å²) in [4.78, 5) is 0. The van der Waals surface area contributed by atoms with Crippen LogP contribution in [0.25, 0.3) is 66.0 Å². The first-order chi connectivity index (χ1) is 32.3. The number of hydrogen-bond acceptors (Lipinski definition) is 2. The normalized spacial score (nSPS) is 17.8. The zero-order valence-electron chi connectivity index (χ0n) is 35.6. The lowest BCUT2D eigenvalue weighted by molar-refractivity contribution is 1.18. The van der Waals surface area contributed by atoms with Crippen LogP contribution in [0.1, 0.15) is 11.1 Å². The summed E-state index contributed by atoms with van der Waals surface area (Å²) in [6.45, 7) is -0.217. The summed E-state index contributed by atoms with van der Waals surface area (Å²) in [6, 6.07) is 74.1. The van der Waals surface area contributed by atoms with Gasteiger partial charge in [0, 0.05) is 50.5 Å². The van der Waals surface area contributed by atoms with Crippen LogP contribution in [0.5, 0.6) is 0 Å². The van der Waals surface area contributed by atoms with Gasteiger partial charge in [-0.1, -0.05) is 181 Å². The van der Waals surface area contributed by atoms with Crippen LogP contribution in [0.15, 0.2) is 260 Å². The molecule has 5 heteroatoms. The zero-order valence-corrected chi connectivity index (χ0v) is 35.6. The van der Waals surface area contributed by atoms with E-state index in [2.05, 4.69) is 269 Å². The van der Waals surface area contributed by atoms with Gasteiger partial charge in [0.1, 0.15) is 0 Å². The average molecular weight is 831 g/mol. The van der Waals surface area contributed by atoms with Crippen LogP contribution in [0.2, 0.25) is 0 Å². The van der Waals surface area contributed by atoms with Gasteiger partial charge in [-0.25, -0.2) is 0 Å². The molecule has 2 aromatic heterocycles. The maximum absolute atomic E-state index is 3.90. The van der Waals surface area contributed by atoms with Crippen molar-refractivity contribution in [1.82, 2.24) is 9.13 Å². The largest absolute Gasteiger partial charge is 0.362 e. The van der Waals surface area contributed by atoms with E-state index in [1.807, 2.05) is 0 Å². The lowest BCUT2D eigenvalue weighted by Crippen LogP contribution is -2.37. The fourth-order valence-corrected chi connectivity index (χ4v) is 9.98. The summed E-state index contributed by atoms with van der Waals surface area (Å²) < 4.78 is 4.82. The summed E-state index contributed by atoms with van der Waals surface area (Å²) in [5, 5.41) is 12.5. The van der Waals surface area contributed by atoms with Crippen molar-refractivity contribution in [2.75, 3.05) is 10.6 Å². The number of nitrogens with one attached hydrogen (secondary N) is 2. The molecule has 0 unspecified atom stereocenters. The Morgan fingerprint density at radius 2 is 0.985 bits per heavy atom. The first-order valence-electron chi connectivity index (χ1n) is 22.3. The number of fused-ring (bicyclic) bond motifs is 9. The maximum Gasteiger partial charge on any atom is 0.247 e. The van der Waals surface area contributed by atoms with Crippen molar-refractivity contribution in [3.63, 3.8) is 0 Å². The third kappa shape index (κ3) is 6.82. The lowest BCUT2D eigenvalue weighted by atomic mass is 9.33. The second-order valence-corrected chi connectivity index (χ2v) is 16.7. The quantitative estimate of drug-likeness (QED) is 0.164. The van der Waals surface area contributed by atoms with Crippen LogP contribution in [0.4, 0.5) is 11.4 Å². The van der Waals surface area contributed by atoms with Crippen molar-refractivity contribution < 1.29 is 0 Å². The van der Waals surface area contributed by atoms with Crippen molar-refractivity contribution in [2.24, 2.45) is 0 Å². The summed E-state index contributed by atoms with van der Waals surface area (Å²) in [6.07, 6.45) is 16.0. The molecule has 0 amide bonds. The van der Waals surface area contributed by atoms with E-state index < -0.39 is 0 Å². The third-order valence-electron chi connectivity index (χ3n) is 12.9. The molecule has 4 heterocycles. The molecule has 306 valence electrons. The van der Waals surface area contributed by atoms with E-state index >= 15 is 0 Å². The van der Waals surface area contributed by atoms with Gasteiger partial charge in [0.15, 0.2) is 0 Å². The van der Waals surface area contributed by atoms with Gasteiger partial charge >= 0.3 is 0 Å². The van der Waals surface area contributed by atoms with Gasteiger partial charge < -0.3 is 19.8 Å². The number of anilines is 2. The van der Waals surface area contributed by atoms with Gasteiger partial charge in [-0.2, -0.15) is 0 Å². The maximum atomic E-state index is 3.90. The number of allylic oxidation sites excluding steroid dienone is 9. The lowest BCUT2D eigenvalue weighted by Gasteiger charge is -2.28. The number of aromatic nitrogens is 2. The van der Waals surface area contributed by atoms with Crippen LogP contribution in [0, 0.1) is 0 Å². The Labute approximate surface area is 378 Å². The molecule has 0 saturated carbocycles. The minimum absolute atomic E-state index is 0.217. The Balaban J connectivity index is 1.19. The molecule has 2 aliphatic rings. The van der Waals surface area contributed by atoms with Crippen molar-refractivity contribution in [2.45, 2.75) is 0 Å². The first-order valence-corrected chi connectivity index (χ1v) is 22.3. The Morgan fingerprint density at radius 1 is 0.462 bits per heavy atom. The van der Waals surface area contributed by atoms with Gasteiger partial charge in [-0.15, -0.1) is 0 Å². The van der Waals surface area contributed by atoms with E-state index in [0.717, 1.165) is 67.0 Å². The average Bonchev–Trinajstić information content (AvgIpc) is 3.88. The molecule has 10 aromatic rings. The molecule has 0 spiro atoms. The number of hydrogen-bond donors (Lipinski definition) is 2. The minimum Gasteiger partial charge on any atom is -0.362 e. The fourth-order valence-electron chi connectivity index (χ4n) is 9.98. The van der Waals surface area contributed by atoms with Crippen LogP contribution in [-0.2, 0) is 0 Å². The molecule has 0 fully saturated rings. The van der Waals surface area contributed by atoms with E-state index in [9.17, 15) is 0 Å². The topological polar surface area (TPSA) is 33.9 Å². The van der Waals surface area contributed by atoms with E-state index in [0.29, 0.717) is 0 Å². The van der Waals surface area contributed by atoms with Gasteiger partial charge in [-0.3, -0.25) is 0 Å². The zero-order chi connectivity index (χ0) is 43.1. The SMILES string of the molecule is C1=C\C(c2ccccc2)=C/C2=C(/c3ccccc3)B(C1=CNc1ccccc1)c1ccc(-n3c4ccccc4c4ccccc43)cc1N\C=C/C(n1c3ccccc3c3ccccc31)=C\2. The standard InChI is InChI=1S/C60H43BN4/c1-4-18-42(19-5-1)44-32-33-46(41-63-47-22-8-3-9-23-47)61-54-35-34-48(64-56-28-14-10-24-50(56)51-25-11-15-29-57(51)64)40-55(54)62-37-36-49(39-45(38-44)60(61)43-20-6-2-7-21-43)65-58-30-16-12-26-52(58)53-27-13-17-31-59(53)65/h1-41,62-63H/b33-32?,37-36-,44-38+,46-41?,49-39+,60-45+. The molecular weight excluding hydrogens is 787 g/mol. The highest BCUT2D eigenvalue weighted by atomic mass is 15.0. The van der Waals surface area contributed by atoms with Crippen molar-refractivity contribution >= 4 is 83.9 Å². The van der Waals surface area contributed by atoms with Gasteiger partial charge in [0.2, 0.25) is 6.71 Å². The molecule has 2 bridgehead atoms. The van der Waals surface area contributed by atoms with Crippen LogP contribution >= 0.6 is 0 Å². The highest BCUT2D eigenvalue weighted by Gasteiger charge is 2.32. The van der Waals surface area contributed by atoms with E-state index in [1.54, 1.807) is 0 Å². The molecule has 0 atom stereocenters. The minimum atomic E-state index is -0.217. The highest BCUT2D eigenvalue weighted by Crippen LogP contribution is 2.39. The van der Waals surface area contributed by atoms with E-state index in [-0.39, 0.29) is 6.71 Å². The Morgan fingerprint density at radius 3 is 1.58 bits per heavy atom. The number of nitrogens with zero attached hydrogens (tertiary/aromatic N) is 2. The van der Waals surface area contributed by atoms with Crippen LogP contribution < -0.4 is 16.1 Å². The summed E-state index contributed by atoms with van der Waals surface area (Å²) in [5.74, 6) is 0. The molecule has 4 nitrogen and oxygen atoms in total. The molecule has 12 rings (SSSR count). The smallest absolute Gasteiger partial charge is 0.247 e. The number of rotatable bonds is 6. The van der Waals surface area contributed by atoms with Crippen LogP contribution in [0.3, 0.4) is 0 Å². The van der Waals surface area contributed by atoms with Gasteiger partial charge in [-0.05, 0) is 101 Å². The Kier molecular flexibility index (Phi) is 9.57. The molecule has 0 saturated heterocycles. The van der Waals surface area contributed by atoms with Crippen LogP contribution in [-0.4, -0.2) is 15.8 Å². The van der Waals surface area contributed by atoms with E-state index in [4.69, 9.17) is 0 Å². The summed E-state index contributed by atoms with van der Waals surface area (Å²) in [5.41, 5.74) is 16.8. The molecule has 0 radical (unpaired) electrons. The summed E-state index contributed by atoms with van der Waals surface area (Å²) >= 11 is 0. The first kappa shape index (κ1) is 38.2. The van der Waals surface area contributed by atoms with Gasteiger partial charge in [0.05, 0.1) is 22.1 Å². The molecule has 65 heavy (non-hydrogen) atoms. The predicted molar refractivity (Wildman–Crippen MR) is 278 cm³/mol. The molecule has 2 aliphatic heterocycles. The molecule has 0 aliphatic carbocycles. The van der Waals surface area contributed by atoms with Gasteiger partial charge in [0.25, 0.3) is 0 Å². The Bertz CT molecular complexity index is 3530. The third-order valence-corrected chi connectivity index (χ3v) is 12.9. The van der Waals surface area contributed by atoms with Crippen molar-refractivity contribution in [3.8, 4) is 5.69 Å². The van der Waals surface area contributed by atoms with Crippen molar-refractivity contribution in [3.05, 3.63) is 271 Å². The monoisotopic (exact) mass is 830 g/mol. The second kappa shape index (κ2) is 16.3. The second-order valence-electron chi connectivity index (χ2n) is 16.7. The summed E-state index contributed by atoms with van der Waals surface area (Å²) in [7, 11) is 0. The molecule has 2 N–H and O–H groups in total. The predicted octanol–water partition coefficient (Wildman–Crippen LogP) is 14.3. The molecule has 8 aromatic carbocycles.